The van der Waals surface area contributed by atoms with E-state index >= 15 is 0 Å². The van der Waals surface area contributed by atoms with E-state index in [4.69, 9.17) is 12.2 Å². The molecule has 0 bridgehead atoms. The minimum absolute atomic E-state index is 0.136. The average Bonchev–Trinajstić information content (AvgIpc) is 2.48. The number of benzene rings is 2. The summed E-state index contributed by atoms with van der Waals surface area (Å²) in [5.74, 6) is -1.24. The third-order valence-corrected chi connectivity index (χ3v) is 2.70. The molecular weight excluding hydrogens is 296 g/mol. The van der Waals surface area contributed by atoms with Crippen LogP contribution >= 0.6 is 12.2 Å². The van der Waals surface area contributed by atoms with Crippen LogP contribution in [0, 0.1) is 11.6 Å². The van der Waals surface area contributed by atoms with Crippen molar-refractivity contribution in [2.45, 2.75) is 0 Å². The van der Waals surface area contributed by atoms with Gasteiger partial charge < -0.3 is 5.32 Å². The Bertz CT molecular complexity index is 644. The molecule has 108 valence electrons. The zero-order valence-corrected chi connectivity index (χ0v) is 11.5. The number of nitrogens with one attached hydrogen (secondary N) is 3. The number of hydrazine groups is 1. The standard InChI is InChI=1S/C14H11F2N3OS/c15-10-3-1-9(2-4-10)13(20)18-19-14(21)17-12-7-5-11(16)6-8-12/h1-8H,(H,18,20)(H2,17,19,21). The molecule has 0 fully saturated rings. The van der Waals surface area contributed by atoms with E-state index in [1.165, 1.54) is 48.5 Å². The van der Waals surface area contributed by atoms with E-state index in [0.717, 1.165) is 0 Å². The summed E-state index contributed by atoms with van der Waals surface area (Å²) in [5, 5.41) is 2.90. The van der Waals surface area contributed by atoms with E-state index in [2.05, 4.69) is 16.2 Å². The van der Waals surface area contributed by atoms with Crippen molar-refractivity contribution in [3.8, 4) is 0 Å². The van der Waals surface area contributed by atoms with Gasteiger partial charge in [0.25, 0.3) is 5.91 Å². The summed E-state index contributed by atoms with van der Waals surface area (Å²) in [4.78, 5) is 11.7. The van der Waals surface area contributed by atoms with Gasteiger partial charge in [0.15, 0.2) is 5.11 Å². The Kier molecular flexibility index (Phi) is 4.78. The lowest BCUT2D eigenvalue weighted by Gasteiger charge is -2.11. The van der Waals surface area contributed by atoms with Crippen LogP contribution in [-0.4, -0.2) is 11.0 Å². The number of carbonyl (C=O) groups is 1. The highest BCUT2D eigenvalue weighted by Crippen LogP contribution is 2.07. The molecule has 3 N–H and O–H groups in total. The molecule has 2 aromatic rings. The Hall–Kier alpha value is -2.54. The van der Waals surface area contributed by atoms with E-state index in [9.17, 15) is 13.6 Å². The molecule has 21 heavy (non-hydrogen) atoms. The molecule has 0 aliphatic heterocycles. The predicted molar refractivity (Wildman–Crippen MR) is 79.6 cm³/mol. The lowest BCUT2D eigenvalue weighted by atomic mass is 10.2. The largest absolute Gasteiger partial charge is 0.331 e. The maximum absolute atomic E-state index is 12.7. The Morgan fingerprint density at radius 3 is 1.95 bits per heavy atom. The number of anilines is 1. The second-order valence-electron chi connectivity index (χ2n) is 4.05. The van der Waals surface area contributed by atoms with Crippen LogP contribution in [0.25, 0.3) is 0 Å². The van der Waals surface area contributed by atoms with E-state index in [1.54, 1.807) is 0 Å². The van der Waals surface area contributed by atoms with Crippen LogP contribution in [0.4, 0.5) is 14.5 Å². The lowest BCUT2D eigenvalue weighted by molar-refractivity contribution is 0.0944. The summed E-state index contributed by atoms with van der Waals surface area (Å²) >= 11 is 4.97. The maximum atomic E-state index is 12.7. The normalized spacial score (nSPS) is 9.81. The Morgan fingerprint density at radius 1 is 0.857 bits per heavy atom. The van der Waals surface area contributed by atoms with Crippen molar-refractivity contribution in [3.63, 3.8) is 0 Å². The number of hydrogen-bond donors (Lipinski definition) is 3. The van der Waals surface area contributed by atoms with Crippen molar-refractivity contribution in [3.05, 3.63) is 65.7 Å². The quantitative estimate of drug-likeness (QED) is 0.590. The minimum Gasteiger partial charge on any atom is -0.331 e. The fourth-order valence-electron chi connectivity index (χ4n) is 1.48. The van der Waals surface area contributed by atoms with Gasteiger partial charge in [0.2, 0.25) is 0 Å². The van der Waals surface area contributed by atoms with E-state index < -0.39 is 11.7 Å². The van der Waals surface area contributed by atoms with Gasteiger partial charge in [-0.2, -0.15) is 0 Å². The molecule has 0 aromatic heterocycles. The van der Waals surface area contributed by atoms with E-state index in [-0.39, 0.29) is 16.5 Å². The van der Waals surface area contributed by atoms with Gasteiger partial charge in [-0.05, 0) is 60.7 Å². The van der Waals surface area contributed by atoms with Crippen LogP contribution < -0.4 is 16.2 Å². The molecule has 0 aliphatic carbocycles. The first-order chi connectivity index (χ1) is 10.0. The highest BCUT2D eigenvalue weighted by Gasteiger charge is 2.05. The van der Waals surface area contributed by atoms with Gasteiger partial charge in [0.05, 0.1) is 0 Å². The van der Waals surface area contributed by atoms with Gasteiger partial charge in [-0.15, -0.1) is 0 Å². The lowest BCUT2D eigenvalue weighted by Crippen LogP contribution is -2.43. The van der Waals surface area contributed by atoms with Crippen molar-refractivity contribution in [2.24, 2.45) is 0 Å². The molecule has 0 radical (unpaired) electrons. The molecule has 0 atom stereocenters. The highest BCUT2D eigenvalue weighted by molar-refractivity contribution is 7.80. The number of rotatable bonds is 2. The molecule has 1 amide bonds. The number of carbonyl (C=O) groups excluding carboxylic acids is 1. The third kappa shape index (κ3) is 4.50. The fourth-order valence-corrected chi connectivity index (χ4v) is 1.65. The molecule has 0 heterocycles. The molecule has 0 spiro atoms. The second kappa shape index (κ2) is 6.76. The smallest absolute Gasteiger partial charge is 0.269 e. The van der Waals surface area contributed by atoms with Crippen molar-refractivity contribution >= 4 is 28.9 Å². The molecule has 2 aromatic carbocycles. The Labute approximate surface area is 125 Å². The first kappa shape index (κ1) is 14.9. The van der Waals surface area contributed by atoms with Crippen molar-refractivity contribution in [1.29, 1.82) is 0 Å². The third-order valence-electron chi connectivity index (χ3n) is 2.50. The number of hydrogen-bond acceptors (Lipinski definition) is 2. The summed E-state index contributed by atoms with van der Waals surface area (Å²) in [6, 6.07) is 10.6. The first-order valence-electron chi connectivity index (χ1n) is 5.93. The molecule has 4 nitrogen and oxygen atoms in total. The van der Waals surface area contributed by atoms with Crippen LogP contribution in [0.3, 0.4) is 0 Å². The zero-order chi connectivity index (χ0) is 15.2. The first-order valence-corrected chi connectivity index (χ1v) is 6.34. The van der Waals surface area contributed by atoms with Gasteiger partial charge in [-0.3, -0.25) is 15.6 Å². The van der Waals surface area contributed by atoms with Gasteiger partial charge in [-0.1, -0.05) is 0 Å². The van der Waals surface area contributed by atoms with Crippen LogP contribution in [0.1, 0.15) is 10.4 Å². The molecular formula is C14H11F2N3OS. The molecule has 7 heteroatoms. The molecule has 2 rings (SSSR count). The Balaban J connectivity index is 1.84. The van der Waals surface area contributed by atoms with Crippen LogP contribution in [0.5, 0.6) is 0 Å². The molecule has 0 unspecified atom stereocenters. The van der Waals surface area contributed by atoms with Gasteiger partial charge in [-0.25, -0.2) is 8.78 Å². The summed E-state index contributed by atoms with van der Waals surface area (Å²) in [6.45, 7) is 0. The molecule has 0 aliphatic rings. The zero-order valence-electron chi connectivity index (χ0n) is 10.7. The summed E-state index contributed by atoms with van der Waals surface area (Å²) in [5.41, 5.74) is 5.71. The average molecular weight is 307 g/mol. The number of thiocarbonyl (C=S) groups is 1. The van der Waals surface area contributed by atoms with Crippen LogP contribution in [0.2, 0.25) is 0 Å². The summed E-state index contributed by atoms with van der Waals surface area (Å²) in [7, 11) is 0. The number of amides is 1. The van der Waals surface area contributed by atoms with Gasteiger partial charge >= 0.3 is 0 Å². The SMILES string of the molecule is O=C(NNC(=S)Nc1ccc(F)cc1)c1ccc(F)cc1. The fraction of sp³-hybridized carbons (Fsp3) is 0. The Morgan fingerprint density at radius 2 is 1.38 bits per heavy atom. The van der Waals surface area contributed by atoms with Crippen molar-refractivity contribution < 1.29 is 13.6 Å². The van der Waals surface area contributed by atoms with E-state index in [0.29, 0.717) is 5.69 Å². The van der Waals surface area contributed by atoms with E-state index in [1.807, 2.05) is 0 Å². The van der Waals surface area contributed by atoms with Crippen LogP contribution in [-0.2, 0) is 0 Å². The summed E-state index contributed by atoms with van der Waals surface area (Å²) < 4.78 is 25.5. The molecule has 0 saturated carbocycles. The topological polar surface area (TPSA) is 53.2 Å². The van der Waals surface area contributed by atoms with Gasteiger partial charge in [0.1, 0.15) is 11.6 Å². The monoisotopic (exact) mass is 307 g/mol. The minimum atomic E-state index is -0.460. The maximum Gasteiger partial charge on any atom is 0.269 e. The molecule has 0 saturated heterocycles. The van der Waals surface area contributed by atoms with Gasteiger partial charge in [0, 0.05) is 11.3 Å². The van der Waals surface area contributed by atoms with Crippen molar-refractivity contribution in [1.82, 2.24) is 10.9 Å². The van der Waals surface area contributed by atoms with Crippen LogP contribution in [0.15, 0.2) is 48.5 Å². The van der Waals surface area contributed by atoms with Crippen molar-refractivity contribution in [2.75, 3.05) is 5.32 Å². The number of halogens is 2. The predicted octanol–water partition coefficient (Wildman–Crippen LogP) is 2.60. The summed E-state index contributed by atoms with van der Waals surface area (Å²) in [6.07, 6.45) is 0. The second-order valence-corrected chi connectivity index (χ2v) is 4.46. The highest BCUT2D eigenvalue weighted by atomic mass is 32.1.